The molecule has 1 aromatic heterocycles. The first kappa shape index (κ1) is 8.56. The molecular formula is C11H9NO2. The molecule has 0 fully saturated rings. The van der Waals surface area contributed by atoms with Gasteiger partial charge in [-0.25, -0.2) is 0 Å². The fourth-order valence-electron chi connectivity index (χ4n) is 1.25. The molecule has 0 unspecified atom stereocenters. The van der Waals surface area contributed by atoms with E-state index in [1.807, 2.05) is 30.3 Å². The van der Waals surface area contributed by atoms with Gasteiger partial charge in [-0.15, -0.1) is 0 Å². The Labute approximate surface area is 80.8 Å². The number of primary amides is 1. The van der Waals surface area contributed by atoms with E-state index < -0.39 is 5.91 Å². The van der Waals surface area contributed by atoms with Gasteiger partial charge in [0.1, 0.15) is 11.3 Å². The average Bonchev–Trinajstić information content (AvgIpc) is 2.57. The van der Waals surface area contributed by atoms with Crippen LogP contribution in [0.2, 0.25) is 0 Å². The van der Waals surface area contributed by atoms with Crippen LogP contribution in [0.5, 0.6) is 0 Å². The number of amides is 1. The van der Waals surface area contributed by atoms with E-state index in [0.29, 0.717) is 5.76 Å². The number of benzene rings is 1. The molecule has 2 rings (SSSR count). The molecule has 70 valence electrons. The Balaban J connectivity index is 2.40. The van der Waals surface area contributed by atoms with E-state index in [2.05, 4.69) is 0 Å². The van der Waals surface area contributed by atoms with Crippen LogP contribution < -0.4 is 5.73 Å². The Morgan fingerprint density at radius 2 is 2.14 bits per heavy atom. The maximum absolute atomic E-state index is 10.5. The van der Waals surface area contributed by atoms with Crippen molar-refractivity contribution in [3.63, 3.8) is 0 Å². The van der Waals surface area contributed by atoms with Gasteiger partial charge < -0.3 is 10.2 Å². The summed E-state index contributed by atoms with van der Waals surface area (Å²) in [5.74, 6) is 0.149. The van der Waals surface area contributed by atoms with Crippen molar-refractivity contribution in [3.8, 4) is 0 Å². The number of fused-ring (bicyclic) bond motifs is 1. The van der Waals surface area contributed by atoms with Gasteiger partial charge in [0.05, 0.1) is 0 Å². The lowest BCUT2D eigenvalue weighted by Gasteiger charge is -1.83. The third kappa shape index (κ3) is 1.66. The summed E-state index contributed by atoms with van der Waals surface area (Å²) in [5, 5.41) is 1.01. The van der Waals surface area contributed by atoms with Crippen LogP contribution in [0.3, 0.4) is 0 Å². The number of furan rings is 1. The lowest BCUT2D eigenvalue weighted by atomic mass is 10.2. The van der Waals surface area contributed by atoms with Gasteiger partial charge in [-0.3, -0.25) is 4.79 Å². The van der Waals surface area contributed by atoms with E-state index in [-0.39, 0.29) is 0 Å². The average molecular weight is 187 g/mol. The molecule has 0 spiro atoms. The van der Waals surface area contributed by atoms with Gasteiger partial charge in [-0.2, -0.15) is 0 Å². The van der Waals surface area contributed by atoms with Crippen molar-refractivity contribution in [1.29, 1.82) is 0 Å². The molecule has 0 saturated carbocycles. The number of carbonyl (C=O) groups excluding carboxylic acids is 1. The molecule has 1 heterocycles. The molecule has 0 aliphatic carbocycles. The fourth-order valence-corrected chi connectivity index (χ4v) is 1.25. The molecule has 0 atom stereocenters. The minimum atomic E-state index is -0.481. The number of hydrogen-bond donors (Lipinski definition) is 1. The molecule has 1 aromatic carbocycles. The third-order valence-corrected chi connectivity index (χ3v) is 1.86. The Kier molecular flexibility index (Phi) is 2.07. The van der Waals surface area contributed by atoms with Crippen molar-refractivity contribution >= 4 is 23.0 Å². The second-order valence-corrected chi connectivity index (χ2v) is 2.92. The first-order valence-electron chi connectivity index (χ1n) is 4.22. The summed E-state index contributed by atoms with van der Waals surface area (Å²) in [7, 11) is 0. The van der Waals surface area contributed by atoms with Crippen molar-refractivity contribution in [2.24, 2.45) is 5.73 Å². The Morgan fingerprint density at radius 1 is 1.36 bits per heavy atom. The van der Waals surface area contributed by atoms with Crippen LogP contribution in [0.1, 0.15) is 5.76 Å². The number of rotatable bonds is 2. The van der Waals surface area contributed by atoms with Crippen LogP contribution in [0.4, 0.5) is 0 Å². The number of carbonyl (C=O) groups is 1. The number of para-hydroxylation sites is 1. The highest BCUT2D eigenvalue weighted by molar-refractivity contribution is 5.90. The lowest BCUT2D eigenvalue weighted by molar-refractivity contribution is -0.113. The fraction of sp³-hybridized carbons (Fsp3) is 0. The van der Waals surface area contributed by atoms with Crippen LogP contribution in [0, 0.1) is 0 Å². The van der Waals surface area contributed by atoms with Gasteiger partial charge in [0.2, 0.25) is 5.91 Å². The Hall–Kier alpha value is -2.03. The topological polar surface area (TPSA) is 56.2 Å². The zero-order valence-electron chi connectivity index (χ0n) is 7.44. The first-order valence-corrected chi connectivity index (χ1v) is 4.22. The standard InChI is InChI=1S/C11H9NO2/c12-11(13)6-5-9-7-8-3-1-2-4-10(8)14-9/h1-7H,(H2,12,13)/b6-5+. The quantitative estimate of drug-likeness (QED) is 0.730. The molecule has 0 radical (unpaired) electrons. The molecule has 14 heavy (non-hydrogen) atoms. The molecular weight excluding hydrogens is 178 g/mol. The maximum Gasteiger partial charge on any atom is 0.241 e. The first-order chi connectivity index (χ1) is 6.75. The van der Waals surface area contributed by atoms with Crippen LogP contribution in [0.25, 0.3) is 17.0 Å². The normalized spacial score (nSPS) is 11.1. The van der Waals surface area contributed by atoms with Gasteiger partial charge in [-0.05, 0) is 18.2 Å². The summed E-state index contributed by atoms with van der Waals surface area (Å²) in [6.45, 7) is 0. The highest BCUT2D eigenvalue weighted by Gasteiger charge is 1.98. The van der Waals surface area contributed by atoms with Crippen LogP contribution in [-0.2, 0) is 4.79 Å². The molecule has 3 heteroatoms. The van der Waals surface area contributed by atoms with Gasteiger partial charge in [-0.1, -0.05) is 18.2 Å². The van der Waals surface area contributed by atoms with E-state index in [1.54, 1.807) is 6.08 Å². The monoisotopic (exact) mass is 187 g/mol. The lowest BCUT2D eigenvalue weighted by Crippen LogP contribution is -2.04. The molecule has 0 bridgehead atoms. The highest BCUT2D eigenvalue weighted by Crippen LogP contribution is 2.19. The van der Waals surface area contributed by atoms with E-state index >= 15 is 0 Å². The third-order valence-electron chi connectivity index (χ3n) is 1.86. The van der Waals surface area contributed by atoms with Gasteiger partial charge >= 0.3 is 0 Å². The molecule has 2 N–H and O–H groups in total. The second-order valence-electron chi connectivity index (χ2n) is 2.92. The Morgan fingerprint density at radius 3 is 2.86 bits per heavy atom. The second kappa shape index (κ2) is 3.38. The maximum atomic E-state index is 10.5. The largest absolute Gasteiger partial charge is 0.457 e. The highest BCUT2D eigenvalue weighted by atomic mass is 16.3. The summed E-state index contributed by atoms with van der Waals surface area (Å²) < 4.78 is 5.42. The predicted molar refractivity (Wildman–Crippen MR) is 54.4 cm³/mol. The van der Waals surface area contributed by atoms with Gasteiger partial charge in [0.25, 0.3) is 0 Å². The summed E-state index contributed by atoms with van der Waals surface area (Å²) >= 11 is 0. The van der Waals surface area contributed by atoms with Crippen LogP contribution in [0.15, 0.2) is 40.8 Å². The summed E-state index contributed by atoms with van der Waals surface area (Å²) in [5.41, 5.74) is 5.77. The van der Waals surface area contributed by atoms with E-state index in [1.165, 1.54) is 6.08 Å². The molecule has 0 saturated heterocycles. The smallest absolute Gasteiger partial charge is 0.241 e. The Bertz CT molecular complexity index is 464. The number of hydrogen-bond acceptors (Lipinski definition) is 2. The van der Waals surface area contributed by atoms with Crippen LogP contribution >= 0.6 is 0 Å². The van der Waals surface area contributed by atoms with E-state index in [9.17, 15) is 4.79 Å². The van der Waals surface area contributed by atoms with Crippen LogP contribution in [-0.4, -0.2) is 5.91 Å². The van der Waals surface area contributed by atoms with Crippen molar-refractivity contribution in [3.05, 3.63) is 42.2 Å². The zero-order chi connectivity index (χ0) is 9.97. The summed E-state index contributed by atoms with van der Waals surface area (Å²) in [6, 6.07) is 9.50. The van der Waals surface area contributed by atoms with E-state index in [4.69, 9.17) is 10.2 Å². The van der Waals surface area contributed by atoms with Crippen molar-refractivity contribution < 1.29 is 9.21 Å². The van der Waals surface area contributed by atoms with E-state index in [0.717, 1.165) is 11.0 Å². The van der Waals surface area contributed by atoms with Gasteiger partial charge in [0, 0.05) is 11.5 Å². The summed E-state index contributed by atoms with van der Waals surface area (Å²) in [6.07, 6.45) is 2.83. The van der Waals surface area contributed by atoms with Crippen molar-refractivity contribution in [2.45, 2.75) is 0 Å². The minimum Gasteiger partial charge on any atom is -0.457 e. The number of nitrogens with two attached hydrogens (primary N) is 1. The molecule has 0 aliphatic rings. The van der Waals surface area contributed by atoms with Crippen molar-refractivity contribution in [2.75, 3.05) is 0 Å². The predicted octanol–water partition coefficient (Wildman–Crippen LogP) is 1.93. The SMILES string of the molecule is NC(=O)/C=C/c1cc2ccccc2o1. The minimum absolute atomic E-state index is 0.481. The molecule has 3 nitrogen and oxygen atoms in total. The summed E-state index contributed by atoms with van der Waals surface area (Å²) in [4.78, 5) is 10.5. The molecule has 2 aromatic rings. The molecule has 0 aliphatic heterocycles. The zero-order valence-corrected chi connectivity index (χ0v) is 7.44. The van der Waals surface area contributed by atoms with Crippen molar-refractivity contribution in [1.82, 2.24) is 0 Å². The molecule has 1 amide bonds. The van der Waals surface area contributed by atoms with Gasteiger partial charge in [0.15, 0.2) is 0 Å².